The van der Waals surface area contributed by atoms with Crippen LogP contribution < -0.4 is 10.6 Å². The lowest BCUT2D eigenvalue weighted by atomic mass is 10.2. The van der Waals surface area contributed by atoms with Crippen LogP contribution in [0, 0.1) is 0 Å². The number of hydrogen-bond donors (Lipinski definition) is 2. The summed E-state index contributed by atoms with van der Waals surface area (Å²) in [5, 5.41) is 7.48. The molecule has 3 rings (SSSR count). The number of amides is 2. The van der Waals surface area contributed by atoms with Crippen LogP contribution in [-0.2, 0) is 14.3 Å². The Labute approximate surface area is 206 Å². The Morgan fingerprint density at radius 2 is 1.85 bits per heavy atom. The molecule has 0 unspecified atom stereocenters. The molecule has 0 saturated heterocycles. The molecule has 34 heavy (non-hydrogen) atoms. The van der Waals surface area contributed by atoms with Crippen molar-refractivity contribution in [2.75, 3.05) is 17.7 Å². The quantitative estimate of drug-likeness (QED) is 0.226. The topological polar surface area (TPSA) is 84.5 Å². The molecule has 0 fully saturated rings. The molecule has 0 aliphatic heterocycles. The Morgan fingerprint density at radius 1 is 1.03 bits per heavy atom. The van der Waals surface area contributed by atoms with Gasteiger partial charge in [0.25, 0.3) is 11.8 Å². The van der Waals surface area contributed by atoms with Gasteiger partial charge in [0.15, 0.2) is 0 Å². The Balaban J connectivity index is 1.68. The van der Waals surface area contributed by atoms with E-state index in [-0.39, 0.29) is 17.6 Å². The molecule has 1 heterocycles. The van der Waals surface area contributed by atoms with Crippen LogP contribution >= 0.6 is 23.1 Å². The summed E-state index contributed by atoms with van der Waals surface area (Å²) in [6, 6.07) is 19.8. The molecule has 0 spiro atoms. The fraction of sp³-hybridized carbons (Fsp3) is 0.115. The predicted molar refractivity (Wildman–Crippen MR) is 138 cm³/mol. The second kappa shape index (κ2) is 13.2. The summed E-state index contributed by atoms with van der Waals surface area (Å²) in [7, 11) is 0. The SMILES string of the molecule is CCOC(=O)/C=C/CSc1cccc(NC(=O)/C(=C\c2cccs2)NC(=O)c2ccccc2)c1. The van der Waals surface area contributed by atoms with E-state index in [4.69, 9.17) is 4.74 Å². The minimum atomic E-state index is -0.429. The number of thiophene rings is 1. The van der Waals surface area contributed by atoms with E-state index in [0.29, 0.717) is 23.6 Å². The molecule has 0 radical (unpaired) electrons. The Bertz CT molecular complexity index is 1170. The van der Waals surface area contributed by atoms with Gasteiger partial charge in [-0.1, -0.05) is 36.4 Å². The molecule has 2 amide bonds. The molecule has 3 aromatic rings. The summed E-state index contributed by atoms with van der Waals surface area (Å²) in [5.74, 6) is -0.586. The molecule has 0 aliphatic rings. The Kier molecular flexibility index (Phi) is 9.69. The molecule has 0 atom stereocenters. The van der Waals surface area contributed by atoms with Gasteiger partial charge in [-0.25, -0.2) is 4.79 Å². The number of hydrogen-bond acceptors (Lipinski definition) is 6. The fourth-order valence-electron chi connectivity index (χ4n) is 2.80. The summed E-state index contributed by atoms with van der Waals surface area (Å²) in [6.07, 6.45) is 4.79. The van der Waals surface area contributed by atoms with Crippen LogP contribution in [0.2, 0.25) is 0 Å². The van der Waals surface area contributed by atoms with Crippen LogP contribution in [-0.4, -0.2) is 30.1 Å². The van der Waals surface area contributed by atoms with Crippen molar-refractivity contribution in [1.82, 2.24) is 5.32 Å². The highest BCUT2D eigenvalue weighted by molar-refractivity contribution is 7.99. The number of benzene rings is 2. The van der Waals surface area contributed by atoms with Gasteiger partial charge < -0.3 is 15.4 Å². The fourth-order valence-corrected chi connectivity index (χ4v) is 4.23. The van der Waals surface area contributed by atoms with E-state index < -0.39 is 5.91 Å². The maximum absolute atomic E-state index is 13.1. The van der Waals surface area contributed by atoms with Crippen molar-refractivity contribution in [3.8, 4) is 0 Å². The van der Waals surface area contributed by atoms with Gasteiger partial charge in [0.05, 0.1) is 6.61 Å². The molecule has 2 aromatic carbocycles. The lowest BCUT2D eigenvalue weighted by molar-refractivity contribution is -0.137. The lowest BCUT2D eigenvalue weighted by Gasteiger charge is -2.12. The molecular weight excluding hydrogens is 468 g/mol. The van der Waals surface area contributed by atoms with Gasteiger partial charge in [-0.15, -0.1) is 23.1 Å². The Morgan fingerprint density at radius 3 is 2.59 bits per heavy atom. The highest BCUT2D eigenvalue weighted by atomic mass is 32.2. The first kappa shape index (κ1) is 25.0. The predicted octanol–water partition coefficient (Wildman–Crippen LogP) is 5.37. The summed E-state index contributed by atoms with van der Waals surface area (Å²) >= 11 is 2.98. The molecule has 0 saturated carbocycles. The van der Waals surface area contributed by atoms with Crippen molar-refractivity contribution in [1.29, 1.82) is 0 Å². The first-order chi connectivity index (χ1) is 16.5. The van der Waals surface area contributed by atoms with E-state index >= 15 is 0 Å². The third-order valence-corrected chi connectivity index (χ3v) is 6.10. The van der Waals surface area contributed by atoms with Gasteiger partial charge in [0, 0.05) is 32.9 Å². The summed E-state index contributed by atoms with van der Waals surface area (Å²) in [5.41, 5.74) is 1.20. The van der Waals surface area contributed by atoms with Crippen molar-refractivity contribution in [2.24, 2.45) is 0 Å². The number of nitrogens with one attached hydrogen (secondary N) is 2. The largest absolute Gasteiger partial charge is 0.463 e. The zero-order chi connectivity index (χ0) is 24.2. The number of thioether (sulfide) groups is 1. The first-order valence-electron chi connectivity index (χ1n) is 10.5. The normalized spacial score (nSPS) is 11.3. The molecule has 1 aromatic heterocycles. The molecule has 174 valence electrons. The van der Waals surface area contributed by atoms with Crippen LogP contribution in [0.4, 0.5) is 5.69 Å². The number of carbonyl (C=O) groups is 3. The standard InChI is InChI=1S/C26H24N2O4S2/c1-2-32-24(29)14-8-16-33-21-12-6-11-20(17-21)27-26(31)23(18-22-13-7-15-34-22)28-25(30)19-9-4-3-5-10-19/h3-15,17-18H,2,16H2,1H3,(H,27,31)(H,28,30)/b14-8+,23-18+. The molecule has 2 N–H and O–H groups in total. The third kappa shape index (κ3) is 8.06. The van der Waals surface area contributed by atoms with Crippen LogP contribution in [0.15, 0.2) is 94.9 Å². The highest BCUT2D eigenvalue weighted by Gasteiger charge is 2.15. The maximum Gasteiger partial charge on any atom is 0.330 e. The zero-order valence-electron chi connectivity index (χ0n) is 18.5. The van der Waals surface area contributed by atoms with Crippen molar-refractivity contribution in [3.05, 3.63) is 100 Å². The van der Waals surface area contributed by atoms with E-state index in [2.05, 4.69) is 10.6 Å². The third-order valence-electron chi connectivity index (χ3n) is 4.34. The van der Waals surface area contributed by atoms with Gasteiger partial charge in [-0.05, 0) is 54.8 Å². The minimum Gasteiger partial charge on any atom is -0.463 e. The summed E-state index contributed by atoms with van der Waals surface area (Å²) in [4.78, 5) is 38.9. The monoisotopic (exact) mass is 492 g/mol. The number of carbonyl (C=O) groups excluding carboxylic acids is 3. The van der Waals surface area contributed by atoms with Gasteiger partial charge in [0.2, 0.25) is 0 Å². The smallest absolute Gasteiger partial charge is 0.330 e. The lowest BCUT2D eigenvalue weighted by Crippen LogP contribution is -2.30. The van der Waals surface area contributed by atoms with Crippen molar-refractivity contribution in [3.63, 3.8) is 0 Å². The number of rotatable bonds is 10. The first-order valence-corrected chi connectivity index (χ1v) is 12.4. The van der Waals surface area contributed by atoms with Gasteiger partial charge >= 0.3 is 5.97 Å². The van der Waals surface area contributed by atoms with Crippen LogP contribution in [0.25, 0.3) is 6.08 Å². The van der Waals surface area contributed by atoms with Crippen LogP contribution in [0.5, 0.6) is 0 Å². The molecule has 0 aliphatic carbocycles. The van der Waals surface area contributed by atoms with Crippen LogP contribution in [0.3, 0.4) is 0 Å². The van der Waals surface area contributed by atoms with Crippen molar-refractivity contribution in [2.45, 2.75) is 11.8 Å². The van der Waals surface area contributed by atoms with E-state index in [1.54, 1.807) is 49.4 Å². The Hall–Kier alpha value is -3.62. The van der Waals surface area contributed by atoms with Gasteiger partial charge in [-0.2, -0.15) is 0 Å². The van der Waals surface area contributed by atoms with E-state index in [9.17, 15) is 14.4 Å². The second-order valence-corrected chi connectivity index (χ2v) is 8.91. The van der Waals surface area contributed by atoms with E-state index in [0.717, 1.165) is 9.77 Å². The zero-order valence-corrected chi connectivity index (χ0v) is 20.2. The molecular formula is C26H24N2O4S2. The summed E-state index contributed by atoms with van der Waals surface area (Å²) < 4.78 is 4.86. The maximum atomic E-state index is 13.1. The average molecular weight is 493 g/mol. The molecule has 6 nitrogen and oxygen atoms in total. The van der Waals surface area contributed by atoms with E-state index in [1.807, 2.05) is 41.8 Å². The second-order valence-electron chi connectivity index (χ2n) is 6.84. The molecule has 8 heteroatoms. The van der Waals surface area contributed by atoms with Gasteiger partial charge in [0.1, 0.15) is 5.70 Å². The van der Waals surface area contributed by atoms with Crippen LogP contribution in [0.1, 0.15) is 22.2 Å². The minimum absolute atomic E-state index is 0.145. The number of ether oxygens (including phenoxy) is 1. The number of esters is 1. The molecule has 0 bridgehead atoms. The van der Waals surface area contributed by atoms with Crippen molar-refractivity contribution < 1.29 is 19.1 Å². The van der Waals surface area contributed by atoms with Gasteiger partial charge in [-0.3, -0.25) is 9.59 Å². The van der Waals surface area contributed by atoms with E-state index in [1.165, 1.54) is 29.2 Å². The van der Waals surface area contributed by atoms with Crippen molar-refractivity contribution >= 4 is 52.6 Å². The number of anilines is 1. The highest BCUT2D eigenvalue weighted by Crippen LogP contribution is 2.22. The average Bonchev–Trinajstić information content (AvgIpc) is 3.35. The summed E-state index contributed by atoms with van der Waals surface area (Å²) in [6.45, 7) is 2.10.